The molecule has 1 heteroatoms. The largest absolute Gasteiger partial charge is 0.0925 e. The standard InChI is InChI=1S/C16H19Br/c17-10-15-9-16(15)13-5-6-14(16)8-12-4-2-1-3-11(12)7-13/h1-4,13-15H,5-10H2. The number of fused-ring (bicyclic) bond motifs is 1. The Hall–Kier alpha value is -0.300. The van der Waals surface area contributed by atoms with Gasteiger partial charge >= 0.3 is 0 Å². The van der Waals surface area contributed by atoms with Crippen LogP contribution in [0, 0.1) is 23.2 Å². The minimum atomic E-state index is 0.739. The molecule has 0 aromatic heterocycles. The van der Waals surface area contributed by atoms with E-state index < -0.39 is 0 Å². The van der Waals surface area contributed by atoms with Crippen LogP contribution in [0.5, 0.6) is 0 Å². The Labute approximate surface area is 112 Å². The van der Waals surface area contributed by atoms with Crippen LogP contribution in [0.1, 0.15) is 30.4 Å². The van der Waals surface area contributed by atoms with Crippen molar-refractivity contribution in [2.75, 3.05) is 5.33 Å². The molecule has 2 bridgehead atoms. The zero-order chi connectivity index (χ0) is 11.5. The van der Waals surface area contributed by atoms with Gasteiger partial charge in [0.1, 0.15) is 0 Å². The van der Waals surface area contributed by atoms with Gasteiger partial charge in [-0.25, -0.2) is 0 Å². The normalized spacial score (nSPS) is 42.3. The first-order chi connectivity index (χ1) is 8.34. The van der Waals surface area contributed by atoms with Gasteiger partial charge in [-0.3, -0.25) is 0 Å². The van der Waals surface area contributed by atoms with Crippen molar-refractivity contribution < 1.29 is 0 Å². The van der Waals surface area contributed by atoms with Crippen LogP contribution >= 0.6 is 15.9 Å². The Morgan fingerprint density at radius 3 is 2.12 bits per heavy atom. The van der Waals surface area contributed by atoms with E-state index in [9.17, 15) is 0 Å². The van der Waals surface area contributed by atoms with Crippen molar-refractivity contribution in [1.29, 1.82) is 0 Å². The summed E-state index contributed by atoms with van der Waals surface area (Å²) in [4.78, 5) is 0. The maximum atomic E-state index is 3.73. The highest BCUT2D eigenvalue weighted by Gasteiger charge is 2.64. The molecule has 17 heavy (non-hydrogen) atoms. The Kier molecular flexibility index (Phi) is 2.25. The van der Waals surface area contributed by atoms with Gasteiger partial charge in [0.15, 0.2) is 0 Å². The van der Waals surface area contributed by atoms with Crippen LogP contribution in [-0.2, 0) is 12.8 Å². The van der Waals surface area contributed by atoms with E-state index in [-0.39, 0.29) is 0 Å². The SMILES string of the molecule is BrCC1CC12C1CCC2Cc2ccccc2C1. The molecule has 2 saturated carbocycles. The Morgan fingerprint density at radius 2 is 1.65 bits per heavy atom. The van der Waals surface area contributed by atoms with Gasteiger partial charge in [0.05, 0.1) is 0 Å². The molecule has 3 aliphatic carbocycles. The minimum Gasteiger partial charge on any atom is -0.0925 e. The molecule has 0 aliphatic heterocycles. The molecule has 0 heterocycles. The summed E-state index contributed by atoms with van der Waals surface area (Å²) in [5.74, 6) is 2.95. The van der Waals surface area contributed by atoms with Crippen molar-refractivity contribution in [1.82, 2.24) is 0 Å². The summed E-state index contributed by atoms with van der Waals surface area (Å²) in [5, 5.41) is 1.23. The average molecular weight is 291 g/mol. The molecule has 1 aromatic carbocycles. The molecular formula is C16H19Br. The van der Waals surface area contributed by atoms with Crippen LogP contribution in [0.4, 0.5) is 0 Å². The van der Waals surface area contributed by atoms with E-state index >= 15 is 0 Å². The number of benzene rings is 1. The van der Waals surface area contributed by atoms with Crippen LogP contribution in [0.2, 0.25) is 0 Å². The highest BCUT2D eigenvalue weighted by atomic mass is 79.9. The lowest BCUT2D eigenvalue weighted by atomic mass is 9.82. The van der Waals surface area contributed by atoms with Gasteiger partial charge in [-0.05, 0) is 66.4 Å². The monoisotopic (exact) mass is 290 g/mol. The van der Waals surface area contributed by atoms with E-state index in [1.54, 1.807) is 11.1 Å². The minimum absolute atomic E-state index is 0.739. The predicted octanol–water partition coefficient (Wildman–Crippen LogP) is 4.21. The number of hydrogen-bond donors (Lipinski definition) is 0. The summed E-state index contributed by atoms with van der Waals surface area (Å²) in [6, 6.07) is 9.18. The van der Waals surface area contributed by atoms with Crippen LogP contribution in [-0.4, -0.2) is 5.33 Å². The fraction of sp³-hybridized carbons (Fsp3) is 0.625. The van der Waals surface area contributed by atoms with Crippen LogP contribution in [0.25, 0.3) is 0 Å². The van der Waals surface area contributed by atoms with Gasteiger partial charge in [-0.2, -0.15) is 0 Å². The third-order valence-electron chi connectivity index (χ3n) is 5.82. The van der Waals surface area contributed by atoms with Crippen molar-refractivity contribution in [3.63, 3.8) is 0 Å². The quantitative estimate of drug-likeness (QED) is 0.680. The predicted molar refractivity (Wildman–Crippen MR) is 74.4 cm³/mol. The molecule has 3 atom stereocenters. The lowest BCUT2D eigenvalue weighted by Crippen LogP contribution is -2.20. The molecule has 0 nitrogen and oxygen atoms in total. The summed E-state index contributed by atoms with van der Waals surface area (Å²) in [6.45, 7) is 0. The van der Waals surface area contributed by atoms with Crippen LogP contribution in [0.15, 0.2) is 24.3 Å². The van der Waals surface area contributed by atoms with Gasteiger partial charge < -0.3 is 0 Å². The lowest BCUT2D eigenvalue weighted by Gasteiger charge is -2.23. The molecule has 0 N–H and O–H groups in total. The van der Waals surface area contributed by atoms with Gasteiger partial charge in [-0.15, -0.1) is 0 Å². The summed E-state index contributed by atoms with van der Waals surface area (Å²) in [6.07, 6.45) is 7.19. The molecule has 1 aromatic rings. The second-order valence-corrected chi connectivity index (χ2v) is 6.96. The zero-order valence-electron chi connectivity index (χ0n) is 10.2. The first-order valence-electron chi connectivity index (χ1n) is 6.97. The van der Waals surface area contributed by atoms with Crippen molar-refractivity contribution in [3.8, 4) is 0 Å². The fourth-order valence-corrected chi connectivity index (χ4v) is 5.74. The third kappa shape index (κ3) is 1.35. The molecule has 2 fully saturated rings. The van der Waals surface area contributed by atoms with E-state index in [1.807, 2.05) is 0 Å². The van der Waals surface area contributed by atoms with Crippen LogP contribution < -0.4 is 0 Å². The third-order valence-corrected chi connectivity index (χ3v) is 6.60. The number of hydrogen-bond acceptors (Lipinski definition) is 0. The molecule has 0 radical (unpaired) electrons. The first-order valence-corrected chi connectivity index (χ1v) is 8.09. The Balaban J connectivity index is 1.75. The van der Waals surface area contributed by atoms with Gasteiger partial charge in [0.25, 0.3) is 0 Å². The lowest BCUT2D eigenvalue weighted by molar-refractivity contribution is 0.268. The molecule has 4 rings (SSSR count). The molecule has 1 spiro atoms. The van der Waals surface area contributed by atoms with E-state index in [1.165, 1.54) is 37.4 Å². The summed E-state index contributed by atoms with van der Waals surface area (Å²) >= 11 is 3.73. The number of halogens is 1. The highest BCUT2D eigenvalue weighted by molar-refractivity contribution is 9.09. The molecule has 3 aliphatic rings. The summed E-state index contributed by atoms with van der Waals surface area (Å²) in [5.41, 5.74) is 4.04. The van der Waals surface area contributed by atoms with E-state index in [4.69, 9.17) is 0 Å². The van der Waals surface area contributed by atoms with E-state index in [2.05, 4.69) is 40.2 Å². The molecular weight excluding hydrogens is 272 g/mol. The maximum Gasteiger partial charge on any atom is 0.00653 e. The Bertz CT molecular complexity index is 418. The van der Waals surface area contributed by atoms with Crippen molar-refractivity contribution in [2.24, 2.45) is 23.2 Å². The zero-order valence-corrected chi connectivity index (χ0v) is 11.7. The fourth-order valence-electron chi connectivity index (χ4n) is 4.91. The highest BCUT2D eigenvalue weighted by Crippen LogP contribution is 2.70. The summed E-state index contributed by atoms with van der Waals surface area (Å²) < 4.78 is 0. The second kappa shape index (κ2) is 3.60. The average Bonchev–Trinajstić information content (AvgIpc) is 2.99. The number of rotatable bonds is 1. The van der Waals surface area contributed by atoms with Gasteiger partial charge in [0.2, 0.25) is 0 Å². The van der Waals surface area contributed by atoms with E-state index in [0.717, 1.165) is 23.2 Å². The van der Waals surface area contributed by atoms with Gasteiger partial charge in [0, 0.05) is 5.33 Å². The van der Waals surface area contributed by atoms with Crippen molar-refractivity contribution >= 4 is 15.9 Å². The number of alkyl halides is 1. The molecule has 90 valence electrons. The molecule has 0 amide bonds. The molecule has 0 saturated heterocycles. The Morgan fingerprint density at radius 1 is 1.06 bits per heavy atom. The summed E-state index contributed by atoms with van der Waals surface area (Å²) in [7, 11) is 0. The van der Waals surface area contributed by atoms with E-state index in [0.29, 0.717) is 0 Å². The first kappa shape index (κ1) is 10.6. The van der Waals surface area contributed by atoms with Crippen LogP contribution in [0.3, 0.4) is 0 Å². The molecule has 3 unspecified atom stereocenters. The maximum absolute atomic E-state index is 3.73. The van der Waals surface area contributed by atoms with Gasteiger partial charge in [-0.1, -0.05) is 40.2 Å². The second-order valence-electron chi connectivity index (χ2n) is 6.32. The van der Waals surface area contributed by atoms with Crippen molar-refractivity contribution in [3.05, 3.63) is 35.4 Å². The smallest absolute Gasteiger partial charge is 0.00653 e. The van der Waals surface area contributed by atoms with Crippen molar-refractivity contribution in [2.45, 2.75) is 32.1 Å². The topological polar surface area (TPSA) is 0 Å².